The quantitative estimate of drug-likeness (QED) is 0.447. The van der Waals surface area contributed by atoms with E-state index >= 15 is 0 Å². The average Bonchev–Trinajstić information content (AvgIpc) is 2.99. The van der Waals surface area contributed by atoms with Gasteiger partial charge in [-0.15, -0.1) is 0 Å². The Balaban J connectivity index is 2.10. The molecule has 12 heteroatoms. The number of anilines is 1. The van der Waals surface area contributed by atoms with Gasteiger partial charge in [-0.3, -0.25) is 14.9 Å². The number of amides is 1. The number of alkyl halides is 3. The van der Waals surface area contributed by atoms with Crippen LogP contribution in [0.5, 0.6) is 0 Å². The number of hydrogen-bond acceptors (Lipinski definition) is 7. The highest BCUT2D eigenvalue weighted by atomic mass is 19.4. The van der Waals surface area contributed by atoms with Crippen LogP contribution in [0.3, 0.4) is 0 Å². The number of benzene rings is 1. The Hall–Kier alpha value is -3.44. The van der Waals surface area contributed by atoms with Gasteiger partial charge in [-0.05, 0) is 25.5 Å². The van der Waals surface area contributed by atoms with E-state index in [-0.39, 0.29) is 11.3 Å². The summed E-state index contributed by atoms with van der Waals surface area (Å²) in [5.41, 5.74) is -2.25. The number of carbonyl (C=O) groups excluding carboxylic acids is 2. The van der Waals surface area contributed by atoms with Gasteiger partial charge in [-0.1, -0.05) is 12.1 Å². The molecule has 0 aliphatic rings. The second-order valence-electron chi connectivity index (χ2n) is 5.53. The summed E-state index contributed by atoms with van der Waals surface area (Å²) in [7, 11) is 0. The largest absolute Gasteiger partial charge is 0.452 e. The maximum absolute atomic E-state index is 12.7. The minimum absolute atomic E-state index is 0.0656. The standard InChI is InChI=1S/C16H14F3N3O6/c1-3-10-14(8(2)28-21-10)15(24)27-7-13(23)20-11-5-4-9(16(17,18)19)6-12(11)22(25)26/h4-6H,3,7H2,1-2H3,(H,20,23). The Morgan fingerprint density at radius 2 is 2.04 bits per heavy atom. The number of nitro benzene ring substituents is 1. The molecule has 0 fully saturated rings. The zero-order valence-electron chi connectivity index (χ0n) is 14.6. The van der Waals surface area contributed by atoms with Gasteiger partial charge in [0.05, 0.1) is 16.2 Å². The van der Waals surface area contributed by atoms with Crippen molar-refractivity contribution in [3.8, 4) is 0 Å². The average molecular weight is 401 g/mol. The number of carbonyl (C=O) groups is 2. The normalized spacial score (nSPS) is 11.2. The third kappa shape index (κ3) is 4.64. The van der Waals surface area contributed by atoms with E-state index < -0.39 is 46.5 Å². The summed E-state index contributed by atoms with van der Waals surface area (Å²) in [5, 5.41) is 16.7. The van der Waals surface area contributed by atoms with Gasteiger partial charge < -0.3 is 14.6 Å². The lowest BCUT2D eigenvalue weighted by Crippen LogP contribution is -2.22. The molecule has 1 aromatic heterocycles. The molecule has 0 unspecified atom stereocenters. The SMILES string of the molecule is CCc1noc(C)c1C(=O)OCC(=O)Nc1ccc(C(F)(F)F)cc1[N+](=O)[O-]. The zero-order chi connectivity index (χ0) is 21.1. The lowest BCUT2D eigenvalue weighted by molar-refractivity contribution is -0.384. The molecule has 0 spiro atoms. The fourth-order valence-corrected chi connectivity index (χ4v) is 2.28. The van der Waals surface area contributed by atoms with Crippen LogP contribution in [0.2, 0.25) is 0 Å². The Morgan fingerprint density at radius 1 is 1.36 bits per heavy atom. The van der Waals surface area contributed by atoms with Gasteiger partial charge in [-0.25, -0.2) is 4.79 Å². The number of halogens is 3. The van der Waals surface area contributed by atoms with Crippen LogP contribution in [0, 0.1) is 17.0 Å². The summed E-state index contributed by atoms with van der Waals surface area (Å²) in [5.74, 6) is -1.66. The number of nitrogens with zero attached hydrogens (tertiary/aromatic N) is 2. The maximum atomic E-state index is 12.7. The number of ether oxygens (including phenoxy) is 1. The van der Waals surface area contributed by atoms with Crippen molar-refractivity contribution in [2.45, 2.75) is 26.4 Å². The van der Waals surface area contributed by atoms with Crippen molar-refractivity contribution >= 4 is 23.3 Å². The van der Waals surface area contributed by atoms with Crippen LogP contribution in [-0.2, 0) is 22.1 Å². The van der Waals surface area contributed by atoms with Gasteiger partial charge >= 0.3 is 12.1 Å². The van der Waals surface area contributed by atoms with E-state index in [1.54, 1.807) is 6.92 Å². The Kier molecular flexibility index (Phi) is 6.01. The Morgan fingerprint density at radius 3 is 2.61 bits per heavy atom. The van der Waals surface area contributed by atoms with E-state index in [9.17, 15) is 32.9 Å². The molecular weight excluding hydrogens is 387 g/mol. The number of nitro groups is 1. The highest BCUT2D eigenvalue weighted by Gasteiger charge is 2.33. The fourth-order valence-electron chi connectivity index (χ4n) is 2.28. The van der Waals surface area contributed by atoms with Crippen LogP contribution in [0.15, 0.2) is 22.7 Å². The predicted molar refractivity (Wildman–Crippen MR) is 87.6 cm³/mol. The Labute approximate surface area is 155 Å². The van der Waals surface area contributed by atoms with Crippen molar-refractivity contribution in [1.82, 2.24) is 5.16 Å². The van der Waals surface area contributed by atoms with Gasteiger partial charge in [0.2, 0.25) is 0 Å². The highest BCUT2D eigenvalue weighted by Crippen LogP contribution is 2.34. The van der Waals surface area contributed by atoms with Crippen LogP contribution in [-0.4, -0.2) is 28.6 Å². The summed E-state index contributed by atoms with van der Waals surface area (Å²) in [6.07, 6.45) is -4.40. The van der Waals surface area contributed by atoms with Crippen LogP contribution in [0.4, 0.5) is 24.5 Å². The molecule has 0 aliphatic heterocycles. The van der Waals surface area contributed by atoms with Crippen molar-refractivity contribution in [1.29, 1.82) is 0 Å². The van der Waals surface area contributed by atoms with E-state index in [0.29, 0.717) is 24.2 Å². The van der Waals surface area contributed by atoms with Gasteiger partial charge in [0.25, 0.3) is 11.6 Å². The first-order valence-corrected chi connectivity index (χ1v) is 7.82. The van der Waals surface area contributed by atoms with E-state index in [1.807, 2.05) is 0 Å². The van der Waals surface area contributed by atoms with Crippen LogP contribution in [0.25, 0.3) is 0 Å². The first-order valence-electron chi connectivity index (χ1n) is 7.82. The molecule has 2 rings (SSSR count). The first-order chi connectivity index (χ1) is 13.0. The van der Waals surface area contributed by atoms with Crippen LogP contribution in [0.1, 0.15) is 34.3 Å². The van der Waals surface area contributed by atoms with Gasteiger partial charge in [0, 0.05) is 6.07 Å². The molecule has 150 valence electrons. The van der Waals surface area contributed by atoms with Crippen molar-refractivity contribution < 1.29 is 36.9 Å². The van der Waals surface area contributed by atoms with Crippen molar-refractivity contribution in [3.63, 3.8) is 0 Å². The number of hydrogen-bond donors (Lipinski definition) is 1. The van der Waals surface area contributed by atoms with E-state index in [2.05, 4.69) is 10.5 Å². The molecule has 1 heterocycles. The molecule has 0 atom stereocenters. The Bertz CT molecular complexity index is 923. The van der Waals surface area contributed by atoms with E-state index in [4.69, 9.17) is 9.26 Å². The summed E-state index contributed by atoms with van der Waals surface area (Å²) in [6, 6.07) is 1.64. The topological polar surface area (TPSA) is 125 Å². The third-order valence-electron chi connectivity index (χ3n) is 3.60. The second-order valence-corrected chi connectivity index (χ2v) is 5.53. The molecule has 28 heavy (non-hydrogen) atoms. The number of esters is 1. The number of rotatable bonds is 6. The molecule has 0 bridgehead atoms. The summed E-state index contributed by atoms with van der Waals surface area (Å²) in [4.78, 5) is 33.9. The molecule has 1 aromatic carbocycles. The summed E-state index contributed by atoms with van der Waals surface area (Å²) < 4.78 is 47.7. The first kappa shape index (κ1) is 20.9. The smallest absolute Gasteiger partial charge is 0.416 e. The van der Waals surface area contributed by atoms with Crippen molar-refractivity contribution in [2.24, 2.45) is 0 Å². The maximum Gasteiger partial charge on any atom is 0.416 e. The molecule has 1 N–H and O–H groups in total. The van der Waals surface area contributed by atoms with E-state index in [0.717, 1.165) is 6.07 Å². The fraction of sp³-hybridized carbons (Fsp3) is 0.312. The minimum Gasteiger partial charge on any atom is -0.452 e. The molecule has 0 aliphatic carbocycles. The van der Waals surface area contributed by atoms with Gasteiger partial charge in [-0.2, -0.15) is 13.2 Å². The van der Waals surface area contributed by atoms with Crippen molar-refractivity contribution in [2.75, 3.05) is 11.9 Å². The van der Waals surface area contributed by atoms with Crippen LogP contribution >= 0.6 is 0 Å². The number of nitrogens with one attached hydrogen (secondary N) is 1. The molecule has 0 saturated heterocycles. The van der Waals surface area contributed by atoms with E-state index in [1.165, 1.54) is 6.92 Å². The summed E-state index contributed by atoms with van der Waals surface area (Å²) >= 11 is 0. The number of aryl methyl sites for hydroxylation is 2. The molecule has 9 nitrogen and oxygen atoms in total. The predicted octanol–water partition coefficient (Wildman–Crippen LogP) is 3.27. The van der Waals surface area contributed by atoms with Crippen molar-refractivity contribution in [3.05, 3.63) is 50.9 Å². The lowest BCUT2D eigenvalue weighted by Gasteiger charge is -2.10. The second kappa shape index (κ2) is 8.06. The molecule has 1 amide bonds. The molecular formula is C16H14F3N3O6. The monoisotopic (exact) mass is 401 g/mol. The minimum atomic E-state index is -4.78. The molecule has 2 aromatic rings. The third-order valence-corrected chi connectivity index (χ3v) is 3.60. The zero-order valence-corrected chi connectivity index (χ0v) is 14.6. The lowest BCUT2D eigenvalue weighted by atomic mass is 10.1. The number of aromatic nitrogens is 1. The molecule has 0 saturated carbocycles. The highest BCUT2D eigenvalue weighted by molar-refractivity contribution is 5.97. The molecule has 0 radical (unpaired) electrons. The van der Waals surface area contributed by atoms with Crippen LogP contribution < -0.4 is 5.32 Å². The van der Waals surface area contributed by atoms with Gasteiger partial charge in [0.15, 0.2) is 6.61 Å². The van der Waals surface area contributed by atoms with Gasteiger partial charge in [0.1, 0.15) is 17.0 Å². The summed E-state index contributed by atoms with van der Waals surface area (Å²) in [6.45, 7) is 2.39.